The minimum Gasteiger partial charge on any atom is -0.356 e. The Kier molecular flexibility index (Phi) is 4.66. The molecule has 1 aromatic rings. The minimum atomic E-state index is 0.0711. The van der Waals surface area contributed by atoms with Gasteiger partial charge in [-0.2, -0.15) is 0 Å². The van der Waals surface area contributed by atoms with Crippen molar-refractivity contribution in [3.8, 4) is 0 Å². The first kappa shape index (κ1) is 13.4. The summed E-state index contributed by atoms with van der Waals surface area (Å²) < 4.78 is 0. The largest absolute Gasteiger partial charge is 0.356 e. The van der Waals surface area contributed by atoms with Crippen molar-refractivity contribution in [2.24, 2.45) is 5.92 Å². The Morgan fingerprint density at radius 2 is 2.17 bits per heavy atom. The maximum atomic E-state index is 10.9. The topological polar surface area (TPSA) is 58.1 Å². The van der Waals surface area contributed by atoms with Crippen LogP contribution in [-0.4, -0.2) is 40.6 Å². The van der Waals surface area contributed by atoms with Gasteiger partial charge in [0, 0.05) is 13.5 Å². The molecule has 1 aliphatic rings. The van der Waals surface area contributed by atoms with E-state index in [1.165, 1.54) is 0 Å². The van der Waals surface area contributed by atoms with E-state index in [9.17, 15) is 4.79 Å². The Labute approximate surface area is 112 Å². The summed E-state index contributed by atoms with van der Waals surface area (Å²) in [6.07, 6.45) is 2.30. The van der Waals surface area contributed by atoms with Gasteiger partial charge in [-0.15, -0.1) is 21.5 Å². The number of carbonyl (C=O) groups is 1. The molecule has 0 aromatic carbocycles. The van der Waals surface area contributed by atoms with Gasteiger partial charge in [0.15, 0.2) is 0 Å². The second-order valence-corrected chi connectivity index (χ2v) is 6.14. The predicted octanol–water partition coefficient (Wildman–Crippen LogP) is 1.19. The van der Waals surface area contributed by atoms with Gasteiger partial charge in [-0.05, 0) is 38.8 Å². The summed E-state index contributed by atoms with van der Waals surface area (Å²) in [4.78, 5) is 13.3. The highest BCUT2D eigenvalue weighted by atomic mass is 32.1. The van der Waals surface area contributed by atoms with Gasteiger partial charge in [-0.25, -0.2) is 0 Å². The van der Waals surface area contributed by atoms with E-state index >= 15 is 0 Å². The van der Waals surface area contributed by atoms with Crippen molar-refractivity contribution in [3.05, 3.63) is 10.0 Å². The average Bonchev–Trinajstić information content (AvgIpc) is 2.74. The number of nitrogens with zero attached hydrogens (tertiary/aromatic N) is 3. The lowest BCUT2D eigenvalue weighted by Gasteiger charge is -2.31. The van der Waals surface area contributed by atoms with Crippen LogP contribution < -0.4 is 5.32 Å². The maximum absolute atomic E-state index is 10.9. The van der Waals surface area contributed by atoms with Gasteiger partial charge >= 0.3 is 0 Å². The number of aryl methyl sites for hydroxylation is 1. The van der Waals surface area contributed by atoms with Gasteiger partial charge in [0.1, 0.15) is 10.0 Å². The summed E-state index contributed by atoms with van der Waals surface area (Å²) in [5.41, 5.74) is 0. The van der Waals surface area contributed by atoms with Crippen LogP contribution in [0.15, 0.2) is 0 Å². The molecule has 0 saturated carbocycles. The Balaban J connectivity index is 1.71. The molecule has 1 N–H and O–H groups in total. The van der Waals surface area contributed by atoms with E-state index in [0.29, 0.717) is 5.92 Å². The Bertz CT molecular complexity index is 399. The maximum Gasteiger partial charge on any atom is 0.216 e. The smallest absolute Gasteiger partial charge is 0.216 e. The number of amides is 1. The summed E-state index contributed by atoms with van der Waals surface area (Å²) in [5, 5.41) is 13.2. The highest BCUT2D eigenvalue weighted by Gasteiger charge is 2.20. The van der Waals surface area contributed by atoms with E-state index in [2.05, 4.69) is 20.4 Å². The Hall–Kier alpha value is -1.01. The molecular weight excluding hydrogens is 248 g/mol. The minimum absolute atomic E-state index is 0.0711. The van der Waals surface area contributed by atoms with Gasteiger partial charge in [0.25, 0.3) is 0 Å². The van der Waals surface area contributed by atoms with Crippen molar-refractivity contribution >= 4 is 17.2 Å². The quantitative estimate of drug-likeness (QED) is 0.891. The van der Waals surface area contributed by atoms with Crippen LogP contribution in [0.4, 0.5) is 0 Å². The van der Waals surface area contributed by atoms with Crippen LogP contribution in [0.5, 0.6) is 0 Å². The molecular formula is C12H20N4OS. The lowest BCUT2D eigenvalue weighted by Crippen LogP contribution is -2.37. The Morgan fingerprint density at radius 1 is 1.44 bits per heavy atom. The second kappa shape index (κ2) is 6.24. The fourth-order valence-corrected chi connectivity index (χ4v) is 2.98. The average molecular weight is 268 g/mol. The number of piperidine rings is 1. The van der Waals surface area contributed by atoms with E-state index in [0.717, 1.165) is 49.0 Å². The molecule has 2 rings (SSSR count). The summed E-state index contributed by atoms with van der Waals surface area (Å²) in [6.45, 7) is 7.47. The molecule has 1 amide bonds. The van der Waals surface area contributed by atoms with E-state index in [1.54, 1.807) is 18.3 Å². The zero-order valence-electron chi connectivity index (χ0n) is 11.0. The predicted molar refractivity (Wildman–Crippen MR) is 71.3 cm³/mol. The first-order chi connectivity index (χ1) is 8.63. The molecule has 1 fully saturated rings. The van der Waals surface area contributed by atoms with E-state index < -0.39 is 0 Å². The molecule has 2 heterocycles. The first-order valence-electron chi connectivity index (χ1n) is 6.39. The fourth-order valence-electron chi connectivity index (χ4n) is 2.23. The molecule has 18 heavy (non-hydrogen) atoms. The third-order valence-corrected chi connectivity index (χ3v) is 4.10. The number of likely N-dealkylation sites (tertiary alicyclic amines) is 1. The highest BCUT2D eigenvalue weighted by Crippen LogP contribution is 2.19. The van der Waals surface area contributed by atoms with Gasteiger partial charge in [0.2, 0.25) is 5.91 Å². The lowest BCUT2D eigenvalue weighted by molar-refractivity contribution is -0.119. The number of carbonyl (C=O) groups excluding carboxylic acids is 1. The highest BCUT2D eigenvalue weighted by molar-refractivity contribution is 7.11. The zero-order chi connectivity index (χ0) is 13.0. The van der Waals surface area contributed by atoms with Gasteiger partial charge < -0.3 is 5.32 Å². The molecule has 5 nitrogen and oxygen atoms in total. The first-order valence-corrected chi connectivity index (χ1v) is 7.21. The van der Waals surface area contributed by atoms with Gasteiger partial charge in [-0.1, -0.05) is 0 Å². The molecule has 0 atom stereocenters. The van der Waals surface area contributed by atoms with E-state index in [1.807, 2.05) is 6.92 Å². The van der Waals surface area contributed by atoms with Crippen LogP contribution >= 0.6 is 11.3 Å². The summed E-state index contributed by atoms with van der Waals surface area (Å²) in [6, 6.07) is 0. The van der Waals surface area contributed by atoms with Crippen LogP contribution in [0, 0.1) is 12.8 Å². The molecule has 1 aliphatic heterocycles. The standard InChI is InChI=1S/C12H20N4OS/c1-9(17)13-7-11-3-5-16(6-4-11)8-12-15-14-10(2)18-12/h11H,3-8H2,1-2H3,(H,13,17). The summed E-state index contributed by atoms with van der Waals surface area (Å²) in [5.74, 6) is 0.697. The third-order valence-electron chi connectivity index (χ3n) is 3.27. The molecule has 0 unspecified atom stereocenters. The number of hydrogen-bond acceptors (Lipinski definition) is 5. The van der Waals surface area contributed by atoms with Crippen LogP contribution in [0.3, 0.4) is 0 Å². The lowest BCUT2D eigenvalue weighted by atomic mass is 9.97. The number of hydrogen-bond donors (Lipinski definition) is 1. The normalized spacial score (nSPS) is 17.9. The molecule has 6 heteroatoms. The van der Waals surface area contributed by atoms with E-state index in [-0.39, 0.29) is 5.91 Å². The van der Waals surface area contributed by atoms with Gasteiger partial charge in [0.05, 0.1) is 6.54 Å². The van der Waals surface area contributed by atoms with Crippen molar-refractivity contribution in [2.45, 2.75) is 33.2 Å². The molecule has 100 valence electrons. The number of aromatic nitrogens is 2. The van der Waals surface area contributed by atoms with Crippen molar-refractivity contribution < 1.29 is 4.79 Å². The van der Waals surface area contributed by atoms with Crippen LogP contribution in [0.1, 0.15) is 29.8 Å². The second-order valence-electron chi connectivity index (χ2n) is 4.87. The SMILES string of the molecule is CC(=O)NCC1CCN(Cc2nnc(C)s2)CC1. The van der Waals surface area contributed by atoms with E-state index in [4.69, 9.17) is 0 Å². The zero-order valence-corrected chi connectivity index (χ0v) is 11.8. The van der Waals surface area contributed by atoms with Crippen molar-refractivity contribution in [3.63, 3.8) is 0 Å². The van der Waals surface area contributed by atoms with Crippen molar-refractivity contribution in [2.75, 3.05) is 19.6 Å². The monoisotopic (exact) mass is 268 g/mol. The number of nitrogens with one attached hydrogen (secondary N) is 1. The van der Waals surface area contributed by atoms with Crippen LogP contribution in [-0.2, 0) is 11.3 Å². The fraction of sp³-hybridized carbons (Fsp3) is 0.750. The molecule has 0 spiro atoms. The molecule has 0 radical (unpaired) electrons. The molecule has 1 aromatic heterocycles. The van der Waals surface area contributed by atoms with Crippen molar-refractivity contribution in [1.82, 2.24) is 20.4 Å². The molecule has 0 bridgehead atoms. The molecule has 1 saturated heterocycles. The summed E-state index contributed by atoms with van der Waals surface area (Å²) >= 11 is 1.68. The third kappa shape index (κ3) is 4.03. The number of rotatable bonds is 4. The summed E-state index contributed by atoms with van der Waals surface area (Å²) in [7, 11) is 0. The van der Waals surface area contributed by atoms with Crippen molar-refractivity contribution in [1.29, 1.82) is 0 Å². The Morgan fingerprint density at radius 3 is 2.72 bits per heavy atom. The van der Waals surface area contributed by atoms with Crippen LogP contribution in [0.2, 0.25) is 0 Å². The molecule has 0 aliphatic carbocycles. The van der Waals surface area contributed by atoms with Gasteiger partial charge in [-0.3, -0.25) is 9.69 Å². The van der Waals surface area contributed by atoms with Crippen LogP contribution in [0.25, 0.3) is 0 Å².